The van der Waals surface area contributed by atoms with Gasteiger partial charge in [0.1, 0.15) is 0 Å². The number of pyridine rings is 1. The van der Waals surface area contributed by atoms with Crippen LogP contribution in [0.4, 0.5) is 5.69 Å². The number of aromatic carboxylic acids is 1. The third-order valence-corrected chi connectivity index (χ3v) is 2.64. The first-order chi connectivity index (χ1) is 8.11. The van der Waals surface area contributed by atoms with Crippen molar-refractivity contribution in [3.05, 3.63) is 24.0 Å². The van der Waals surface area contributed by atoms with Gasteiger partial charge < -0.3 is 10.0 Å². The summed E-state index contributed by atoms with van der Waals surface area (Å²) in [6.45, 7) is 0.417. The van der Waals surface area contributed by atoms with Gasteiger partial charge in [-0.3, -0.25) is 9.78 Å². The molecule has 2 rings (SSSR count). The molecule has 1 aromatic heterocycles. The number of terminal acetylenes is 1. The molecule has 5 nitrogen and oxygen atoms in total. The number of rotatable bonds is 2. The molecule has 17 heavy (non-hydrogen) atoms. The molecule has 5 heteroatoms. The lowest BCUT2D eigenvalue weighted by molar-refractivity contribution is -0.117. The van der Waals surface area contributed by atoms with E-state index in [-0.39, 0.29) is 17.4 Å². The Bertz CT molecular complexity index is 519. The van der Waals surface area contributed by atoms with E-state index in [1.807, 2.05) is 0 Å². The fourth-order valence-corrected chi connectivity index (χ4v) is 1.76. The van der Waals surface area contributed by atoms with Gasteiger partial charge in [0.05, 0.1) is 17.4 Å². The van der Waals surface area contributed by atoms with Crippen LogP contribution < -0.4 is 4.90 Å². The van der Waals surface area contributed by atoms with Crippen LogP contribution in [-0.4, -0.2) is 28.5 Å². The van der Waals surface area contributed by atoms with Crippen molar-refractivity contribution >= 4 is 17.6 Å². The van der Waals surface area contributed by atoms with Crippen molar-refractivity contribution in [2.24, 2.45) is 5.92 Å². The summed E-state index contributed by atoms with van der Waals surface area (Å²) >= 11 is 0. The van der Waals surface area contributed by atoms with E-state index in [0.717, 1.165) is 0 Å². The highest BCUT2D eigenvalue weighted by Crippen LogP contribution is 2.24. The van der Waals surface area contributed by atoms with Gasteiger partial charge in [0.15, 0.2) is 0 Å². The second-order valence-electron chi connectivity index (χ2n) is 3.81. The highest BCUT2D eigenvalue weighted by atomic mass is 16.4. The minimum Gasteiger partial charge on any atom is -0.478 e. The number of nitrogens with zero attached hydrogens (tertiary/aromatic N) is 2. The standard InChI is InChI=1S/C12H10N2O3/c1-2-8-3-11(15)14(7-8)10-4-9(12(16)17)5-13-6-10/h1,4-6,8H,3,7H2,(H,16,17). The molecule has 2 heterocycles. The molecule has 1 fully saturated rings. The second-order valence-corrected chi connectivity index (χ2v) is 3.81. The zero-order chi connectivity index (χ0) is 12.4. The zero-order valence-electron chi connectivity index (χ0n) is 8.96. The highest BCUT2D eigenvalue weighted by molar-refractivity contribution is 5.97. The van der Waals surface area contributed by atoms with Crippen molar-refractivity contribution in [3.63, 3.8) is 0 Å². The molecule has 0 aliphatic carbocycles. The first-order valence-electron chi connectivity index (χ1n) is 5.06. The molecule has 1 aromatic rings. The molecule has 1 unspecified atom stereocenters. The van der Waals surface area contributed by atoms with E-state index >= 15 is 0 Å². The first kappa shape index (κ1) is 11.1. The molecule has 0 radical (unpaired) electrons. The number of aromatic nitrogens is 1. The van der Waals surface area contributed by atoms with Crippen molar-refractivity contribution in [2.45, 2.75) is 6.42 Å². The van der Waals surface area contributed by atoms with Gasteiger partial charge in [0.25, 0.3) is 0 Å². The molecular formula is C12H10N2O3. The molecule has 0 bridgehead atoms. The zero-order valence-corrected chi connectivity index (χ0v) is 8.96. The molecule has 86 valence electrons. The van der Waals surface area contributed by atoms with Crippen LogP contribution in [0.1, 0.15) is 16.8 Å². The van der Waals surface area contributed by atoms with Gasteiger partial charge >= 0.3 is 5.97 Å². The third kappa shape index (κ3) is 2.11. The lowest BCUT2D eigenvalue weighted by Gasteiger charge is -2.15. The predicted octanol–water partition coefficient (Wildman–Crippen LogP) is 0.766. The minimum absolute atomic E-state index is 0.0551. The molecule has 1 aliphatic heterocycles. The van der Waals surface area contributed by atoms with Crippen molar-refractivity contribution < 1.29 is 14.7 Å². The van der Waals surface area contributed by atoms with Crippen LogP contribution in [0.25, 0.3) is 0 Å². The maximum atomic E-state index is 11.7. The summed E-state index contributed by atoms with van der Waals surface area (Å²) in [7, 11) is 0. The maximum Gasteiger partial charge on any atom is 0.337 e. The van der Waals surface area contributed by atoms with Crippen LogP contribution in [0.5, 0.6) is 0 Å². The quantitative estimate of drug-likeness (QED) is 0.762. The smallest absolute Gasteiger partial charge is 0.337 e. The number of carbonyl (C=O) groups is 2. The van der Waals surface area contributed by atoms with Gasteiger partial charge in [-0.05, 0) is 6.07 Å². The fourth-order valence-electron chi connectivity index (χ4n) is 1.76. The molecule has 0 saturated carbocycles. The average Bonchev–Trinajstić information content (AvgIpc) is 2.71. The second kappa shape index (κ2) is 4.26. The Morgan fingerprint density at radius 1 is 1.59 bits per heavy atom. The summed E-state index contributed by atoms with van der Waals surface area (Å²) in [6.07, 6.45) is 8.28. The Hall–Kier alpha value is -2.35. The van der Waals surface area contributed by atoms with E-state index in [4.69, 9.17) is 11.5 Å². The molecule has 1 aliphatic rings. The molecule has 1 amide bonds. The Morgan fingerprint density at radius 2 is 2.35 bits per heavy atom. The number of hydrogen-bond donors (Lipinski definition) is 1. The molecular weight excluding hydrogens is 220 g/mol. The average molecular weight is 230 g/mol. The summed E-state index contributed by atoms with van der Waals surface area (Å²) < 4.78 is 0. The summed E-state index contributed by atoms with van der Waals surface area (Å²) in [5, 5.41) is 8.84. The predicted molar refractivity (Wildman–Crippen MR) is 60.5 cm³/mol. The van der Waals surface area contributed by atoms with Crippen molar-refractivity contribution in [3.8, 4) is 12.3 Å². The minimum atomic E-state index is -1.07. The van der Waals surface area contributed by atoms with Gasteiger partial charge in [-0.15, -0.1) is 12.3 Å². The number of anilines is 1. The van der Waals surface area contributed by atoms with Crippen LogP contribution in [-0.2, 0) is 4.79 Å². The van der Waals surface area contributed by atoms with Crippen LogP contribution in [0.2, 0.25) is 0 Å². The SMILES string of the molecule is C#CC1CC(=O)N(c2cncc(C(=O)O)c2)C1. The highest BCUT2D eigenvalue weighted by Gasteiger charge is 2.29. The Balaban J connectivity index is 2.29. The first-order valence-corrected chi connectivity index (χ1v) is 5.06. The lowest BCUT2D eigenvalue weighted by atomic mass is 10.1. The van der Waals surface area contributed by atoms with Crippen LogP contribution >= 0.6 is 0 Å². The van der Waals surface area contributed by atoms with Crippen LogP contribution in [0.3, 0.4) is 0 Å². The van der Waals surface area contributed by atoms with Crippen LogP contribution in [0, 0.1) is 18.3 Å². The third-order valence-electron chi connectivity index (χ3n) is 2.64. The van der Waals surface area contributed by atoms with Crippen molar-refractivity contribution in [1.82, 2.24) is 4.98 Å². The number of hydrogen-bond acceptors (Lipinski definition) is 3. The molecule has 0 aromatic carbocycles. The van der Waals surface area contributed by atoms with Crippen molar-refractivity contribution in [1.29, 1.82) is 0 Å². The Kier molecular flexibility index (Phi) is 2.79. The van der Waals surface area contributed by atoms with Gasteiger partial charge in [-0.1, -0.05) is 0 Å². The maximum absolute atomic E-state index is 11.7. The molecule has 1 atom stereocenters. The number of carboxylic acid groups (broad SMARTS) is 1. The normalized spacial score (nSPS) is 19.1. The van der Waals surface area contributed by atoms with E-state index in [0.29, 0.717) is 18.7 Å². The largest absolute Gasteiger partial charge is 0.478 e. The van der Waals surface area contributed by atoms with E-state index < -0.39 is 5.97 Å². The molecule has 0 spiro atoms. The lowest BCUT2D eigenvalue weighted by Crippen LogP contribution is -2.24. The number of amides is 1. The van der Waals surface area contributed by atoms with Gasteiger partial charge in [0, 0.05) is 25.1 Å². The monoisotopic (exact) mass is 230 g/mol. The number of carboxylic acids is 1. The van der Waals surface area contributed by atoms with Gasteiger partial charge in [0.2, 0.25) is 5.91 Å². The topological polar surface area (TPSA) is 70.5 Å². The van der Waals surface area contributed by atoms with E-state index in [9.17, 15) is 9.59 Å². The van der Waals surface area contributed by atoms with Gasteiger partial charge in [-0.25, -0.2) is 4.79 Å². The van der Waals surface area contributed by atoms with E-state index in [1.54, 1.807) is 0 Å². The van der Waals surface area contributed by atoms with E-state index in [1.165, 1.54) is 23.4 Å². The fraction of sp³-hybridized carbons (Fsp3) is 0.250. The summed E-state index contributed by atoms with van der Waals surface area (Å²) in [4.78, 5) is 27.8. The summed E-state index contributed by atoms with van der Waals surface area (Å²) in [6, 6.07) is 1.42. The van der Waals surface area contributed by atoms with Crippen molar-refractivity contribution in [2.75, 3.05) is 11.4 Å². The molecule has 1 saturated heterocycles. The Labute approximate surface area is 98.1 Å². The Morgan fingerprint density at radius 3 is 2.94 bits per heavy atom. The summed E-state index contributed by atoms with van der Waals surface area (Å²) in [5.74, 6) is 1.25. The summed E-state index contributed by atoms with van der Waals surface area (Å²) in [5.41, 5.74) is 0.534. The van der Waals surface area contributed by atoms with Crippen LogP contribution in [0.15, 0.2) is 18.5 Å². The van der Waals surface area contributed by atoms with Gasteiger partial charge in [-0.2, -0.15) is 0 Å². The molecule has 1 N–H and O–H groups in total. The number of carbonyl (C=O) groups excluding carboxylic acids is 1. The van der Waals surface area contributed by atoms with E-state index in [2.05, 4.69) is 10.9 Å².